The van der Waals surface area contributed by atoms with Crippen LogP contribution in [0, 0.1) is 0 Å². The first kappa shape index (κ1) is 18.8. The summed E-state index contributed by atoms with van der Waals surface area (Å²) in [7, 11) is 3.44. The molecular formula is C19H25N5O3. The molecule has 0 saturated carbocycles. The molecule has 1 aromatic carbocycles. The fourth-order valence-electron chi connectivity index (χ4n) is 3.21. The van der Waals surface area contributed by atoms with Crippen LogP contribution in [0.2, 0.25) is 0 Å². The predicted octanol–water partition coefficient (Wildman–Crippen LogP) is 1.57. The number of urea groups is 1. The third-order valence-corrected chi connectivity index (χ3v) is 4.75. The molecule has 0 radical (unpaired) electrons. The van der Waals surface area contributed by atoms with Gasteiger partial charge in [0.1, 0.15) is 5.69 Å². The number of nitrogens with one attached hydrogen (secondary N) is 2. The van der Waals surface area contributed by atoms with Gasteiger partial charge in [0, 0.05) is 32.9 Å². The minimum Gasteiger partial charge on any atom is -0.397 e. The molecule has 8 nitrogen and oxygen atoms in total. The number of amides is 3. The Labute approximate surface area is 158 Å². The zero-order valence-electron chi connectivity index (χ0n) is 15.6. The number of methoxy groups -OCH3 is 1. The summed E-state index contributed by atoms with van der Waals surface area (Å²) in [6.07, 6.45) is 0.710. The Morgan fingerprint density at radius 3 is 2.81 bits per heavy atom. The van der Waals surface area contributed by atoms with Gasteiger partial charge in [0.15, 0.2) is 0 Å². The number of nitrogen functional groups attached to an aromatic ring is 1. The number of aromatic nitrogens is 1. The Morgan fingerprint density at radius 1 is 1.30 bits per heavy atom. The first-order valence-electron chi connectivity index (χ1n) is 8.86. The van der Waals surface area contributed by atoms with E-state index in [4.69, 9.17) is 10.5 Å². The summed E-state index contributed by atoms with van der Waals surface area (Å²) in [5.74, 6) is -0.221. The van der Waals surface area contributed by atoms with Gasteiger partial charge in [-0.25, -0.2) is 4.79 Å². The highest BCUT2D eigenvalue weighted by Gasteiger charge is 2.26. The smallest absolute Gasteiger partial charge is 0.317 e. The minimum absolute atomic E-state index is 0.123. The Balaban J connectivity index is 1.72. The van der Waals surface area contributed by atoms with Crippen molar-refractivity contribution < 1.29 is 14.3 Å². The van der Waals surface area contributed by atoms with Gasteiger partial charge in [0.2, 0.25) is 0 Å². The topological polar surface area (TPSA) is 102 Å². The quantitative estimate of drug-likeness (QED) is 0.548. The van der Waals surface area contributed by atoms with Crippen molar-refractivity contribution in [3.05, 3.63) is 47.3 Å². The molecule has 27 heavy (non-hydrogen) atoms. The van der Waals surface area contributed by atoms with Crippen LogP contribution in [0.5, 0.6) is 0 Å². The average Bonchev–Trinajstić information content (AvgIpc) is 3.00. The van der Waals surface area contributed by atoms with E-state index in [9.17, 15) is 9.59 Å². The molecule has 1 aliphatic heterocycles. The molecule has 0 spiro atoms. The molecular weight excluding hydrogens is 346 g/mol. The Morgan fingerprint density at radius 2 is 2.07 bits per heavy atom. The van der Waals surface area contributed by atoms with Gasteiger partial charge in [-0.05, 0) is 30.2 Å². The fraction of sp³-hybridized carbons (Fsp3) is 0.368. The number of rotatable bonds is 5. The van der Waals surface area contributed by atoms with Crippen molar-refractivity contribution in [1.29, 1.82) is 0 Å². The summed E-state index contributed by atoms with van der Waals surface area (Å²) < 4.78 is 6.80. The van der Waals surface area contributed by atoms with E-state index in [2.05, 4.69) is 10.6 Å². The van der Waals surface area contributed by atoms with E-state index in [0.29, 0.717) is 49.7 Å². The lowest BCUT2D eigenvalue weighted by molar-refractivity contribution is 0.101. The van der Waals surface area contributed by atoms with Gasteiger partial charge in [0.05, 0.1) is 24.5 Å². The zero-order chi connectivity index (χ0) is 19.4. The maximum absolute atomic E-state index is 12.7. The predicted molar refractivity (Wildman–Crippen MR) is 104 cm³/mol. The number of hydrogen-bond donors (Lipinski definition) is 3. The van der Waals surface area contributed by atoms with Gasteiger partial charge in [-0.1, -0.05) is 12.1 Å². The molecule has 3 amide bonds. The van der Waals surface area contributed by atoms with E-state index in [1.165, 1.54) is 0 Å². The van der Waals surface area contributed by atoms with Crippen LogP contribution in [0.1, 0.15) is 21.7 Å². The van der Waals surface area contributed by atoms with Crippen molar-refractivity contribution >= 4 is 23.3 Å². The van der Waals surface area contributed by atoms with Gasteiger partial charge in [0.25, 0.3) is 5.91 Å². The lowest BCUT2D eigenvalue weighted by atomic mass is 10.1. The van der Waals surface area contributed by atoms with Crippen molar-refractivity contribution in [1.82, 2.24) is 14.8 Å². The molecule has 0 aliphatic carbocycles. The van der Waals surface area contributed by atoms with Crippen molar-refractivity contribution in [3.8, 4) is 0 Å². The average molecular weight is 371 g/mol. The largest absolute Gasteiger partial charge is 0.397 e. The lowest BCUT2D eigenvalue weighted by Gasteiger charge is -2.28. The van der Waals surface area contributed by atoms with E-state index in [0.717, 1.165) is 11.3 Å². The van der Waals surface area contributed by atoms with Crippen LogP contribution in [-0.2, 0) is 24.8 Å². The summed E-state index contributed by atoms with van der Waals surface area (Å²) in [4.78, 5) is 26.7. The zero-order valence-corrected chi connectivity index (χ0v) is 15.6. The highest BCUT2D eigenvalue weighted by Crippen LogP contribution is 2.24. The van der Waals surface area contributed by atoms with Crippen LogP contribution in [0.3, 0.4) is 0 Å². The maximum atomic E-state index is 12.7. The number of carbonyl (C=O) groups excluding carboxylic acids is 2. The number of benzene rings is 1. The summed E-state index contributed by atoms with van der Waals surface area (Å²) in [6, 6.07) is 8.92. The normalized spacial score (nSPS) is 13.2. The second-order valence-electron chi connectivity index (χ2n) is 6.50. The molecule has 3 rings (SSSR count). The van der Waals surface area contributed by atoms with Gasteiger partial charge < -0.3 is 30.6 Å². The van der Waals surface area contributed by atoms with Crippen molar-refractivity contribution in [2.24, 2.45) is 7.05 Å². The van der Waals surface area contributed by atoms with E-state index >= 15 is 0 Å². The van der Waals surface area contributed by atoms with Crippen LogP contribution >= 0.6 is 0 Å². The molecule has 2 aromatic rings. The summed E-state index contributed by atoms with van der Waals surface area (Å²) in [6.45, 7) is 2.02. The van der Waals surface area contributed by atoms with E-state index < -0.39 is 0 Å². The van der Waals surface area contributed by atoms with Crippen molar-refractivity contribution in [3.63, 3.8) is 0 Å². The van der Waals surface area contributed by atoms with Gasteiger partial charge >= 0.3 is 6.03 Å². The van der Waals surface area contributed by atoms with Crippen molar-refractivity contribution in [2.75, 3.05) is 37.9 Å². The van der Waals surface area contributed by atoms with Gasteiger partial charge in [-0.3, -0.25) is 4.79 Å². The summed E-state index contributed by atoms with van der Waals surface area (Å²) >= 11 is 0. The highest BCUT2D eigenvalue weighted by molar-refractivity contribution is 6.05. The lowest BCUT2D eigenvalue weighted by Crippen LogP contribution is -2.44. The van der Waals surface area contributed by atoms with Crippen LogP contribution < -0.4 is 16.4 Å². The molecule has 8 heteroatoms. The summed E-state index contributed by atoms with van der Waals surface area (Å²) in [5.41, 5.74) is 9.60. The van der Waals surface area contributed by atoms with Gasteiger partial charge in [-0.2, -0.15) is 0 Å². The molecule has 0 fully saturated rings. The molecule has 4 N–H and O–H groups in total. The number of anilines is 2. The van der Waals surface area contributed by atoms with Crippen LogP contribution in [0.15, 0.2) is 30.3 Å². The number of fused-ring (bicyclic) bond motifs is 1. The second kappa shape index (κ2) is 8.13. The number of ether oxygens (including phenoxy) is 1. The molecule has 1 aliphatic rings. The Bertz CT molecular complexity index is 846. The molecule has 0 atom stereocenters. The van der Waals surface area contributed by atoms with E-state index in [-0.39, 0.29) is 11.9 Å². The first-order valence-corrected chi connectivity index (χ1v) is 8.86. The Kier molecular flexibility index (Phi) is 5.66. The van der Waals surface area contributed by atoms with Gasteiger partial charge in [-0.15, -0.1) is 0 Å². The molecule has 0 unspecified atom stereocenters. The number of carbonyl (C=O) groups is 2. The van der Waals surface area contributed by atoms with E-state index in [1.54, 1.807) is 24.1 Å². The molecule has 1 aromatic heterocycles. The first-order chi connectivity index (χ1) is 13.0. The third-order valence-electron chi connectivity index (χ3n) is 4.75. The standard InChI is InChI=1S/C19H25N5O3/c1-23-16(18(25)22-15-6-4-3-5-14(15)20)11-13-7-9-24(12-17(13)23)19(26)21-8-10-27-2/h3-6,11H,7-10,12,20H2,1-2H3,(H,21,26)(H,22,25). The van der Waals surface area contributed by atoms with E-state index in [1.807, 2.05) is 29.8 Å². The number of nitrogens with zero attached hydrogens (tertiary/aromatic N) is 2. The third kappa shape index (κ3) is 4.06. The molecule has 2 heterocycles. The Hall–Kier alpha value is -3.00. The number of nitrogens with two attached hydrogens (primary N) is 1. The maximum Gasteiger partial charge on any atom is 0.317 e. The molecule has 144 valence electrons. The van der Waals surface area contributed by atoms with Crippen LogP contribution in [0.25, 0.3) is 0 Å². The highest BCUT2D eigenvalue weighted by atomic mass is 16.5. The molecule has 0 saturated heterocycles. The fourth-order valence-corrected chi connectivity index (χ4v) is 3.21. The van der Waals surface area contributed by atoms with Crippen LogP contribution in [-0.4, -0.2) is 48.2 Å². The summed E-state index contributed by atoms with van der Waals surface area (Å²) in [5, 5.41) is 5.68. The molecule has 0 bridgehead atoms. The van der Waals surface area contributed by atoms with Crippen molar-refractivity contribution in [2.45, 2.75) is 13.0 Å². The second-order valence-corrected chi connectivity index (χ2v) is 6.50. The SMILES string of the molecule is COCCNC(=O)N1CCc2cc(C(=O)Nc3ccccc3N)n(C)c2C1. The number of hydrogen-bond acceptors (Lipinski definition) is 4. The van der Waals surface area contributed by atoms with Crippen LogP contribution in [0.4, 0.5) is 16.2 Å². The monoisotopic (exact) mass is 371 g/mol. The number of para-hydroxylation sites is 2. The minimum atomic E-state index is -0.221.